The summed E-state index contributed by atoms with van der Waals surface area (Å²) in [4.78, 5) is 8.39. The SMILES string of the molecule is CC(Sc1ncccn1)C1=CC=CC1. The van der Waals surface area contributed by atoms with Gasteiger partial charge in [0.2, 0.25) is 0 Å². The van der Waals surface area contributed by atoms with Gasteiger partial charge in [0.25, 0.3) is 0 Å². The van der Waals surface area contributed by atoms with Crippen molar-refractivity contribution in [1.29, 1.82) is 0 Å². The van der Waals surface area contributed by atoms with E-state index in [1.54, 1.807) is 24.2 Å². The van der Waals surface area contributed by atoms with Crippen LogP contribution in [0.3, 0.4) is 0 Å². The van der Waals surface area contributed by atoms with Crippen LogP contribution in [0, 0.1) is 0 Å². The highest BCUT2D eigenvalue weighted by atomic mass is 32.2. The predicted molar refractivity (Wildman–Crippen MR) is 59.2 cm³/mol. The Kier molecular flexibility index (Phi) is 2.99. The van der Waals surface area contributed by atoms with Crippen LogP contribution in [-0.2, 0) is 0 Å². The molecule has 1 unspecified atom stereocenters. The highest BCUT2D eigenvalue weighted by Gasteiger charge is 2.12. The molecule has 1 atom stereocenters. The van der Waals surface area contributed by atoms with E-state index in [2.05, 4.69) is 35.1 Å². The average Bonchev–Trinajstić information content (AvgIpc) is 2.72. The molecule has 0 radical (unpaired) electrons. The third-order valence-electron chi connectivity index (χ3n) is 2.15. The molecule has 1 aromatic rings. The van der Waals surface area contributed by atoms with Gasteiger partial charge < -0.3 is 0 Å². The summed E-state index contributed by atoms with van der Waals surface area (Å²) in [5.41, 5.74) is 1.45. The van der Waals surface area contributed by atoms with Gasteiger partial charge in [-0.1, -0.05) is 35.6 Å². The fraction of sp³-hybridized carbons (Fsp3) is 0.273. The molecule has 0 amide bonds. The van der Waals surface area contributed by atoms with Crippen molar-refractivity contribution in [2.75, 3.05) is 0 Å². The number of hydrogen-bond donors (Lipinski definition) is 0. The molecule has 0 spiro atoms. The predicted octanol–water partition coefficient (Wildman–Crippen LogP) is 2.84. The quantitative estimate of drug-likeness (QED) is 0.559. The Bertz CT molecular complexity index is 357. The molecule has 0 saturated carbocycles. The summed E-state index contributed by atoms with van der Waals surface area (Å²) in [5, 5.41) is 1.32. The van der Waals surface area contributed by atoms with Gasteiger partial charge in [0.15, 0.2) is 5.16 Å². The van der Waals surface area contributed by atoms with Gasteiger partial charge in [0, 0.05) is 17.6 Å². The molecular weight excluding hydrogens is 192 g/mol. The average molecular weight is 204 g/mol. The lowest BCUT2D eigenvalue weighted by Gasteiger charge is -2.10. The zero-order valence-corrected chi connectivity index (χ0v) is 8.87. The van der Waals surface area contributed by atoms with E-state index in [1.807, 2.05) is 6.07 Å². The van der Waals surface area contributed by atoms with Gasteiger partial charge in [-0.15, -0.1) is 0 Å². The molecule has 1 aliphatic rings. The Balaban J connectivity index is 1.98. The van der Waals surface area contributed by atoms with E-state index in [-0.39, 0.29) is 0 Å². The normalized spacial score (nSPS) is 16.8. The molecule has 1 heterocycles. The van der Waals surface area contributed by atoms with Gasteiger partial charge in [-0.3, -0.25) is 0 Å². The number of allylic oxidation sites excluding steroid dienone is 3. The van der Waals surface area contributed by atoms with Gasteiger partial charge in [-0.05, 0) is 19.4 Å². The topological polar surface area (TPSA) is 25.8 Å². The first kappa shape index (κ1) is 9.46. The number of rotatable bonds is 3. The van der Waals surface area contributed by atoms with Gasteiger partial charge >= 0.3 is 0 Å². The summed E-state index contributed by atoms with van der Waals surface area (Å²) < 4.78 is 0. The summed E-state index contributed by atoms with van der Waals surface area (Å²) in [5.74, 6) is 0. The second kappa shape index (κ2) is 4.42. The van der Waals surface area contributed by atoms with Gasteiger partial charge in [-0.25, -0.2) is 9.97 Å². The standard InChI is InChI=1S/C11H12N2S/c1-9(10-5-2-3-6-10)14-11-12-7-4-8-13-11/h2-5,7-9H,6H2,1H3. The summed E-state index contributed by atoms with van der Waals surface area (Å²) in [7, 11) is 0. The second-order valence-corrected chi connectivity index (χ2v) is 4.47. The number of thioether (sulfide) groups is 1. The van der Waals surface area contributed by atoms with E-state index in [1.165, 1.54) is 5.57 Å². The van der Waals surface area contributed by atoms with E-state index in [4.69, 9.17) is 0 Å². The van der Waals surface area contributed by atoms with Crippen LogP contribution in [0.1, 0.15) is 13.3 Å². The van der Waals surface area contributed by atoms with Gasteiger partial charge in [0.05, 0.1) is 0 Å². The fourth-order valence-electron chi connectivity index (χ4n) is 1.35. The smallest absolute Gasteiger partial charge is 0.188 e. The van der Waals surface area contributed by atoms with Crippen molar-refractivity contribution in [3.05, 3.63) is 42.3 Å². The zero-order chi connectivity index (χ0) is 9.80. The Labute approximate surface area is 88.2 Å². The summed E-state index contributed by atoms with van der Waals surface area (Å²) in [6, 6.07) is 1.84. The fourth-order valence-corrected chi connectivity index (χ4v) is 2.23. The third-order valence-corrected chi connectivity index (χ3v) is 3.22. The van der Waals surface area contributed by atoms with Crippen LogP contribution in [0.25, 0.3) is 0 Å². The maximum Gasteiger partial charge on any atom is 0.188 e. The lowest BCUT2D eigenvalue weighted by atomic mass is 10.2. The van der Waals surface area contributed by atoms with Crippen molar-refractivity contribution in [2.24, 2.45) is 0 Å². The number of hydrogen-bond acceptors (Lipinski definition) is 3. The molecular formula is C11H12N2S. The molecule has 72 valence electrons. The minimum absolute atomic E-state index is 0.465. The first-order valence-electron chi connectivity index (χ1n) is 4.65. The van der Waals surface area contributed by atoms with Crippen LogP contribution in [0.2, 0.25) is 0 Å². The number of nitrogens with zero attached hydrogens (tertiary/aromatic N) is 2. The Morgan fingerprint density at radius 2 is 2.14 bits per heavy atom. The maximum atomic E-state index is 4.19. The van der Waals surface area contributed by atoms with Crippen LogP contribution in [0.4, 0.5) is 0 Å². The van der Waals surface area contributed by atoms with E-state index >= 15 is 0 Å². The molecule has 1 aromatic heterocycles. The van der Waals surface area contributed by atoms with Crippen molar-refractivity contribution in [3.63, 3.8) is 0 Å². The molecule has 0 bridgehead atoms. The lowest BCUT2D eigenvalue weighted by molar-refractivity contribution is 0.952. The van der Waals surface area contributed by atoms with E-state index in [0.717, 1.165) is 11.6 Å². The van der Waals surface area contributed by atoms with Crippen molar-refractivity contribution >= 4 is 11.8 Å². The molecule has 0 fully saturated rings. The molecule has 0 N–H and O–H groups in total. The van der Waals surface area contributed by atoms with Crippen LogP contribution in [0.5, 0.6) is 0 Å². The molecule has 0 aromatic carbocycles. The van der Waals surface area contributed by atoms with Crippen LogP contribution in [0.15, 0.2) is 47.4 Å². The molecule has 1 aliphatic carbocycles. The maximum absolute atomic E-state index is 4.19. The van der Waals surface area contributed by atoms with E-state index in [9.17, 15) is 0 Å². The second-order valence-electron chi connectivity index (χ2n) is 3.17. The molecule has 3 heteroatoms. The Hall–Kier alpha value is -1.09. The summed E-state index contributed by atoms with van der Waals surface area (Å²) >= 11 is 1.71. The van der Waals surface area contributed by atoms with E-state index < -0.39 is 0 Å². The highest BCUT2D eigenvalue weighted by Crippen LogP contribution is 2.28. The van der Waals surface area contributed by atoms with Crippen LogP contribution in [-0.4, -0.2) is 15.2 Å². The highest BCUT2D eigenvalue weighted by molar-refractivity contribution is 7.99. The minimum atomic E-state index is 0.465. The Morgan fingerprint density at radius 3 is 2.79 bits per heavy atom. The van der Waals surface area contributed by atoms with Crippen molar-refractivity contribution in [3.8, 4) is 0 Å². The molecule has 14 heavy (non-hydrogen) atoms. The zero-order valence-electron chi connectivity index (χ0n) is 8.05. The van der Waals surface area contributed by atoms with Crippen LogP contribution >= 0.6 is 11.8 Å². The first-order valence-corrected chi connectivity index (χ1v) is 5.53. The van der Waals surface area contributed by atoms with E-state index in [0.29, 0.717) is 5.25 Å². The summed E-state index contributed by atoms with van der Waals surface area (Å²) in [6.07, 6.45) is 11.1. The van der Waals surface area contributed by atoms with Crippen LogP contribution < -0.4 is 0 Å². The Morgan fingerprint density at radius 1 is 1.36 bits per heavy atom. The number of aromatic nitrogens is 2. The molecule has 2 nitrogen and oxygen atoms in total. The largest absolute Gasteiger partial charge is 0.231 e. The molecule has 2 rings (SSSR count). The van der Waals surface area contributed by atoms with Gasteiger partial charge in [0.1, 0.15) is 0 Å². The summed E-state index contributed by atoms with van der Waals surface area (Å²) in [6.45, 7) is 2.19. The monoisotopic (exact) mass is 204 g/mol. The van der Waals surface area contributed by atoms with Crippen molar-refractivity contribution in [1.82, 2.24) is 9.97 Å². The van der Waals surface area contributed by atoms with Crippen molar-refractivity contribution in [2.45, 2.75) is 23.8 Å². The minimum Gasteiger partial charge on any atom is -0.231 e. The van der Waals surface area contributed by atoms with Gasteiger partial charge in [-0.2, -0.15) is 0 Å². The third kappa shape index (κ3) is 2.23. The lowest BCUT2D eigenvalue weighted by Crippen LogP contribution is -2.00. The molecule has 0 saturated heterocycles. The van der Waals surface area contributed by atoms with Crippen molar-refractivity contribution < 1.29 is 0 Å². The molecule has 0 aliphatic heterocycles. The first-order chi connectivity index (χ1) is 6.86.